The summed E-state index contributed by atoms with van der Waals surface area (Å²) in [6.07, 6.45) is 12.7. The van der Waals surface area contributed by atoms with Crippen LogP contribution in [0.1, 0.15) is 71.1 Å². The molecule has 0 saturated carbocycles. The van der Waals surface area contributed by atoms with Crippen molar-refractivity contribution in [2.24, 2.45) is 0 Å². The van der Waals surface area contributed by atoms with E-state index < -0.39 is 0 Å². The summed E-state index contributed by atoms with van der Waals surface area (Å²) in [5, 5.41) is 17.1. The quantitative estimate of drug-likeness (QED) is 0.218. The van der Waals surface area contributed by atoms with Crippen molar-refractivity contribution < 1.29 is 5.11 Å². The van der Waals surface area contributed by atoms with E-state index in [-0.39, 0.29) is 5.75 Å². The van der Waals surface area contributed by atoms with Crippen molar-refractivity contribution in [3.05, 3.63) is 56.5 Å². The highest BCUT2D eigenvalue weighted by molar-refractivity contribution is 6.37. The Hall–Kier alpha value is -1.39. The van der Waals surface area contributed by atoms with E-state index >= 15 is 0 Å². The number of aromatic hydroxyl groups is 1. The van der Waals surface area contributed by atoms with Gasteiger partial charge in [-0.05, 0) is 42.8 Å². The molecule has 0 radical (unpaired) electrons. The van der Waals surface area contributed by atoms with Gasteiger partial charge in [0, 0.05) is 22.2 Å². The molecule has 0 aliphatic carbocycles. The van der Waals surface area contributed by atoms with Crippen molar-refractivity contribution in [2.75, 3.05) is 0 Å². The molecule has 3 nitrogen and oxygen atoms in total. The fraction of sp³-hybridized carbons (Fsp3) is 0.444. The third kappa shape index (κ3) is 7.55. The maximum Gasteiger partial charge on any atom is 0.128 e. The summed E-state index contributed by atoms with van der Waals surface area (Å²) < 4.78 is 1.94. The lowest BCUT2D eigenvalue weighted by Gasteiger charge is -2.09. The molecule has 3 aromatic rings. The molecule has 34 heavy (non-hydrogen) atoms. The molecule has 0 aliphatic heterocycles. The highest BCUT2D eigenvalue weighted by Crippen LogP contribution is 2.40. The number of halogens is 4. The van der Waals surface area contributed by atoms with Crippen molar-refractivity contribution in [1.29, 1.82) is 0 Å². The van der Waals surface area contributed by atoms with E-state index in [4.69, 9.17) is 51.5 Å². The molecular weight excluding hydrogens is 510 g/mol. The van der Waals surface area contributed by atoms with Gasteiger partial charge in [-0.25, -0.2) is 0 Å². The third-order valence-electron chi connectivity index (χ3n) is 6.00. The van der Waals surface area contributed by atoms with Gasteiger partial charge in [-0.1, -0.05) is 111 Å². The average molecular weight is 542 g/mol. The summed E-state index contributed by atoms with van der Waals surface area (Å²) in [4.78, 5) is 0. The van der Waals surface area contributed by atoms with Crippen LogP contribution in [0.25, 0.3) is 22.5 Å². The predicted octanol–water partition coefficient (Wildman–Crippen LogP) is 10.5. The van der Waals surface area contributed by atoms with Crippen molar-refractivity contribution >= 4 is 46.4 Å². The molecule has 0 amide bonds. The first-order valence-corrected chi connectivity index (χ1v) is 13.6. The van der Waals surface area contributed by atoms with Crippen molar-refractivity contribution in [2.45, 2.75) is 77.7 Å². The van der Waals surface area contributed by atoms with Gasteiger partial charge in [0.25, 0.3) is 0 Å². The summed E-state index contributed by atoms with van der Waals surface area (Å²) >= 11 is 25.1. The number of benzene rings is 2. The number of phenolic OH excluding ortho intramolecular Hbond substituents is 1. The van der Waals surface area contributed by atoms with Crippen LogP contribution < -0.4 is 0 Å². The topological polar surface area (TPSA) is 38.0 Å². The number of rotatable bonds is 13. The van der Waals surface area contributed by atoms with Crippen molar-refractivity contribution in [3.8, 4) is 28.3 Å². The summed E-state index contributed by atoms with van der Waals surface area (Å²) in [6.45, 7) is 3.00. The van der Waals surface area contributed by atoms with Crippen LogP contribution in [0.4, 0.5) is 0 Å². The molecule has 0 atom stereocenters. The average Bonchev–Trinajstić information content (AvgIpc) is 3.17. The van der Waals surface area contributed by atoms with Gasteiger partial charge in [0.05, 0.1) is 27.0 Å². The van der Waals surface area contributed by atoms with E-state index in [2.05, 4.69) is 6.92 Å². The highest BCUT2D eigenvalue weighted by Gasteiger charge is 2.19. The van der Waals surface area contributed by atoms with Crippen LogP contribution in [0.5, 0.6) is 5.75 Å². The van der Waals surface area contributed by atoms with Crippen LogP contribution >= 0.6 is 46.4 Å². The van der Waals surface area contributed by atoms with Crippen molar-refractivity contribution in [3.63, 3.8) is 0 Å². The molecule has 1 heterocycles. The fourth-order valence-electron chi connectivity index (χ4n) is 4.19. The van der Waals surface area contributed by atoms with Gasteiger partial charge in [0.2, 0.25) is 0 Å². The largest absolute Gasteiger partial charge is 0.507 e. The second-order valence-corrected chi connectivity index (χ2v) is 10.4. The van der Waals surface area contributed by atoms with Gasteiger partial charge in [0.1, 0.15) is 5.75 Å². The van der Waals surface area contributed by atoms with Gasteiger partial charge < -0.3 is 5.11 Å². The SMILES string of the molecule is CCCCCCCCCCCCn1nc(-c2c(O)cc(Cl)cc2Cl)cc1-c1ccc(Cl)cc1Cl. The second kappa shape index (κ2) is 13.6. The fourth-order valence-corrected chi connectivity index (χ4v) is 5.27. The lowest BCUT2D eigenvalue weighted by atomic mass is 10.1. The maximum atomic E-state index is 10.5. The van der Waals surface area contributed by atoms with Gasteiger partial charge >= 0.3 is 0 Å². The molecule has 0 saturated heterocycles. The molecule has 1 aromatic heterocycles. The highest BCUT2D eigenvalue weighted by atomic mass is 35.5. The van der Waals surface area contributed by atoms with Crippen LogP contribution in [0.3, 0.4) is 0 Å². The van der Waals surface area contributed by atoms with Gasteiger partial charge in [-0.2, -0.15) is 5.10 Å². The number of hydrogen-bond donors (Lipinski definition) is 1. The van der Waals surface area contributed by atoms with Crippen molar-refractivity contribution in [1.82, 2.24) is 9.78 Å². The monoisotopic (exact) mass is 540 g/mol. The predicted molar refractivity (Wildman–Crippen MR) is 147 cm³/mol. The van der Waals surface area contributed by atoms with Gasteiger partial charge in [0.15, 0.2) is 0 Å². The Kier molecular flexibility index (Phi) is 10.9. The molecule has 0 unspecified atom stereocenters. The minimum atomic E-state index is -0.00478. The Morgan fingerprint density at radius 2 is 1.35 bits per heavy atom. The van der Waals surface area contributed by atoms with E-state index in [0.29, 0.717) is 31.3 Å². The van der Waals surface area contributed by atoms with Crippen LogP contribution in [-0.2, 0) is 6.54 Å². The summed E-state index contributed by atoms with van der Waals surface area (Å²) in [5.74, 6) is -0.00478. The Labute approximate surface area is 223 Å². The third-order valence-corrected chi connectivity index (χ3v) is 7.06. The van der Waals surface area contributed by atoms with E-state index in [9.17, 15) is 5.11 Å². The second-order valence-electron chi connectivity index (χ2n) is 8.73. The maximum absolute atomic E-state index is 10.5. The van der Waals surface area contributed by atoms with Gasteiger partial charge in [-0.3, -0.25) is 4.68 Å². The van der Waals surface area contributed by atoms with E-state index in [0.717, 1.165) is 30.6 Å². The summed E-state index contributed by atoms with van der Waals surface area (Å²) in [5.41, 5.74) is 2.73. The smallest absolute Gasteiger partial charge is 0.128 e. The minimum absolute atomic E-state index is 0.00478. The Balaban J connectivity index is 1.72. The zero-order chi connectivity index (χ0) is 24.5. The van der Waals surface area contributed by atoms with Crippen LogP contribution in [-0.4, -0.2) is 14.9 Å². The molecule has 0 fully saturated rings. The number of hydrogen-bond acceptors (Lipinski definition) is 2. The zero-order valence-corrected chi connectivity index (χ0v) is 22.6. The lowest BCUT2D eigenvalue weighted by Crippen LogP contribution is -2.03. The zero-order valence-electron chi connectivity index (χ0n) is 19.6. The number of aryl methyl sites for hydroxylation is 1. The molecule has 3 rings (SSSR count). The number of unbranched alkanes of at least 4 members (excludes halogenated alkanes) is 9. The molecule has 184 valence electrons. The van der Waals surface area contributed by atoms with Crippen LogP contribution in [0.2, 0.25) is 20.1 Å². The summed E-state index contributed by atoms with van der Waals surface area (Å²) in [6, 6.07) is 10.4. The Morgan fingerprint density at radius 1 is 0.735 bits per heavy atom. The van der Waals surface area contributed by atoms with E-state index in [1.807, 2.05) is 22.9 Å². The summed E-state index contributed by atoms with van der Waals surface area (Å²) in [7, 11) is 0. The lowest BCUT2D eigenvalue weighted by molar-refractivity contribution is 0.477. The molecule has 0 spiro atoms. The molecule has 0 aliphatic rings. The first-order valence-electron chi connectivity index (χ1n) is 12.1. The molecule has 0 bridgehead atoms. The Morgan fingerprint density at radius 3 is 1.97 bits per heavy atom. The first-order chi connectivity index (χ1) is 16.4. The molecule has 2 aromatic carbocycles. The van der Waals surface area contributed by atoms with Crippen LogP contribution in [0.15, 0.2) is 36.4 Å². The molecule has 7 heteroatoms. The molecular formula is C27H32Cl4N2O. The Bertz CT molecular complexity index is 1060. The van der Waals surface area contributed by atoms with E-state index in [1.165, 1.54) is 57.4 Å². The first kappa shape index (κ1) is 27.2. The number of phenols is 1. The standard InChI is InChI=1S/C27H32Cl4N2O/c1-2-3-4-5-6-7-8-9-10-11-14-33-25(21-13-12-19(28)15-22(21)30)18-24(32-33)27-23(31)16-20(29)17-26(27)34/h12-13,15-18,34H,2-11,14H2,1H3. The van der Waals surface area contributed by atoms with E-state index in [1.54, 1.807) is 12.1 Å². The molecule has 1 N–H and O–H groups in total. The number of aromatic nitrogens is 2. The van der Waals surface area contributed by atoms with Gasteiger partial charge in [-0.15, -0.1) is 0 Å². The van der Waals surface area contributed by atoms with Crippen LogP contribution in [0, 0.1) is 0 Å². The number of nitrogens with zero attached hydrogens (tertiary/aromatic N) is 2. The normalized spacial score (nSPS) is 11.3. The minimum Gasteiger partial charge on any atom is -0.507 e.